The lowest BCUT2D eigenvalue weighted by atomic mass is 10.1. The highest BCUT2D eigenvalue weighted by molar-refractivity contribution is 7.85. The van der Waals surface area contributed by atoms with Crippen LogP contribution in [-0.4, -0.2) is 20.7 Å². The number of hydrogen-bond acceptors (Lipinski definition) is 6. The predicted molar refractivity (Wildman–Crippen MR) is 118 cm³/mol. The third-order valence-corrected chi connectivity index (χ3v) is 7.83. The van der Waals surface area contributed by atoms with Crippen LogP contribution < -0.4 is 16.6 Å². The van der Waals surface area contributed by atoms with Gasteiger partial charge >= 0.3 is 0 Å². The molecule has 0 bridgehead atoms. The first-order valence-corrected chi connectivity index (χ1v) is 11.6. The number of aryl methyl sites for hydroxylation is 2. The molecule has 0 spiro atoms. The number of pyridine rings is 1. The Morgan fingerprint density at radius 2 is 1.69 bits per heavy atom. The van der Waals surface area contributed by atoms with Crippen molar-refractivity contribution >= 4 is 46.0 Å². The van der Waals surface area contributed by atoms with Crippen molar-refractivity contribution in [2.24, 2.45) is 10.9 Å². The fourth-order valence-corrected chi connectivity index (χ4v) is 5.57. The number of hydrogen-bond donors (Lipinski definition) is 4. The van der Waals surface area contributed by atoms with Gasteiger partial charge in [0.25, 0.3) is 0 Å². The molecule has 2 aromatic rings. The molecule has 7 nitrogen and oxygen atoms in total. The van der Waals surface area contributed by atoms with E-state index in [1.165, 1.54) is 46.7 Å². The van der Waals surface area contributed by atoms with Gasteiger partial charge in [-0.05, 0) is 69.6 Å². The average molecular weight is 459 g/mol. The minimum atomic E-state index is -1.58. The number of primary amides is 1. The van der Waals surface area contributed by atoms with Gasteiger partial charge in [0.1, 0.15) is 15.2 Å². The van der Waals surface area contributed by atoms with E-state index in [4.69, 9.17) is 32.3 Å². The highest BCUT2D eigenvalue weighted by Crippen LogP contribution is 2.35. The molecule has 10 heteroatoms. The van der Waals surface area contributed by atoms with Gasteiger partial charge in [-0.15, -0.1) is 11.3 Å². The summed E-state index contributed by atoms with van der Waals surface area (Å²) in [6.07, 6.45) is 7.34. The summed E-state index contributed by atoms with van der Waals surface area (Å²) in [5, 5.41) is 15.2. The van der Waals surface area contributed by atoms with E-state index in [0.717, 1.165) is 31.4 Å². The molecule has 0 aromatic carbocycles. The van der Waals surface area contributed by atoms with Crippen LogP contribution in [0.1, 0.15) is 54.1 Å². The summed E-state index contributed by atoms with van der Waals surface area (Å²) in [6, 6.07) is 1.59. The topological polar surface area (TPSA) is 145 Å². The third-order valence-electron chi connectivity index (χ3n) is 4.74. The van der Waals surface area contributed by atoms with E-state index < -0.39 is 16.6 Å². The molecule has 2 aliphatic rings. The molecule has 7 N–H and O–H groups in total. The Hall–Kier alpha value is -1.52. The SMILES string of the molecule is CC(C)(O)c1cc(Cl)c(S(N)=O)s1.NC=O.Nc1c2c(nc3c1CCC3)CCC2. The van der Waals surface area contributed by atoms with Crippen molar-refractivity contribution in [2.75, 3.05) is 5.73 Å². The minimum Gasteiger partial charge on any atom is -0.398 e. The quantitative estimate of drug-likeness (QED) is 0.510. The van der Waals surface area contributed by atoms with Gasteiger partial charge in [-0.2, -0.15) is 0 Å². The second-order valence-electron chi connectivity index (χ2n) is 7.32. The van der Waals surface area contributed by atoms with Gasteiger partial charge in [-0.1, -0.05) is 11.6 Å². The van der Waals surface area contributed by atoms with E-state index in [-0.39, 0.29) is 6.41 Å². The van der Waals surface area contributed by atoms with Crippen LogP contribution in [0.4, 0.5) is 5.69 Å². The zero-order valence-electron chi connectivity index (χ0n) is 16.5. The molecule has 1 unspecified atom stereocenters. The Morgan fingerprint density at radius 3 is 2.03 bits per heavy atom. The molecule has 29 heavy (non-hydrogen) atoms. The van der Waals surface area contributed by atoms with Crippen LogP contribution in [0.25, 0.3) is 0 Å². The van der Waals surface area contributed by atoms with Gasteiger partial charge in [0, 0.05) is 22.0 Å². The number of nitrogens with two attached hydrogens (primary N) is 3. The van der Waals surface area contributed by atoms with Gasteiger partial charge < -0.3 is 16.6 Å². The number of amides is 1. The van der Waals surface area contributed by atoms with Gasteiger partial charge in [-0.25, -0.2) is 9.35 Å². The Balaban J connectivity index is 0.000000183. The standard InChI is InChI=1S/C11H14N2.C7H10ClNO2S2.CH3NO/c12-11-7-3-1-5-9(7)13-10-6-2-4-8(10)11;1-7(2,10)5-3-4(8)6(12-5)13(9)11;2-1-3/h1-6H2,(H2,12,13);3,10H,9H2,1-2H3;1H,(H2,2,3). The van der Waals surface area contributed by atoms with Gasteiger partial charge in [-0.3, -0.25) is 9.78 Å². The summed E-state index contributed by atoms with van der Waals surface area (Å²) in [4.78, 5) is 14.0. The Kier molecular flexibility index (Phi) is 8.18. The number of fused-ring (bicyclic) bond motifs is 2. The molecule has 1 amide bonds. The minimum absolute atomic E-state index is 0.250. The zero-order valence-corrected chi connectivity index (χ0v) is 18.9. The smallest absolute Gasteiger partial charge is 0.204 e. The zero-order chi connectivity index (χ0) is 21.8. The van der Waals surface area contributed by atoms with Crippen molar-refractivity contribution in [1.29, 1.82) is 0 Å². The number of carbonyl (C=O) groups is 1. The first kappa shape index (κ1) is 23.8. The van der Waals surface area contributed by atoms with Crippen LogP contribution in [0, 0.1) is 0 Å². The molecule has 4 rings (SSSR count). The molecule has 0 saturated carbocycles. The number of nitrogens with zero attached hydrogens (tertiary/aromatic N) is 1. The second kappa shape index (κ2) is 9.99. The van der Waals surface area contributed by atoms with E-state index in [0.29, 0.717) is 14.1 Å². The van der Waals surface area contributed by atoms with Crippen molar-refractivity contribution in [1.82, 2.24) is 4.98 Å². The lowest BCUT2D eigenvalue weighted by molar-refractivity contribution is -0.106. The molecular formula is C19H27ClN4O3S2. The van der Waals surface area contributed by atoms with Crippen LogP contribution in [0.2, 0.25) is 5.02 Å². The number of nitrogen functional groups attached to an aromatic ring is 1. The predicted octanol–water partition coefficient (Wildman–Crippen LogP) is 2.35. The Bertz CT molecular complexity index is 878. The van der Waals surface area contributed by atoms with Crippen LogP contribution in [0.5, 0.6) is 0 Å². The molecule has 0 saturated heterocycles. The normalized spacial score (nSPS) is 15.3. The Labute approximate surface area is 182 Å². The third kappa shape index (κ3) is 5.76. The van der Waals surface area contributed by atoms with Crippen molar-refractivity contribution in [3.63, 3.8) is 0 Å². The summed E-state index contributed by atoms with van der Waals surface area (Å²) in [5.74, 6) is 0. The van der Waals surface area contributed by atoms with Gasteiger partial charge in [0.05, 0.1) is 10.6 Å². The fourth-order valence-electron chi connectivity index (χ4n) is 3.42. The van der Waals surface area contributed by atoms with Crippen molar-refractivity contribution in [3.05, 3.63) is 38.5 Å². The number of aromatic nitrogens is 1. The maximum Gasteiger partial charge on any atom is 0.204 e. The van der Waals surface area contributed by atoms with Crippen molar-refractivity contribution in [3.8, 4) is 0 Å². The van der Waals surface area contributed by atoms with Crippen LogP contribution in [-0.2, 0) is 47.1 Å². The molecule has 0 fully saturated rings. The molecule has 2 aromatic heterocycles. The first-order chi connectivity index (χ1) is 13.6. The van der Waals surface area contributed by atoms with E-state index >= 15 is 0 Å². The monoisotopic (exact) mass is 458 g/mol. The molecule has 0 radical (unpaired) electrons. The van der Waals surface area contributed by atoms with Crippen LogP contribution in [0.3, 0.4) is 0 Å². The lowest BCUT2D eigenvalue weighted by Gasteiger charge is -2.13. The van der Waals surface area contributed by atoms with Gasteiger partial charge in [0.2, 0.25) is 6.41 Å². The Morgan fingerprint density at radius 1 is 1.21 bits per heavy atom. The number of thiophene rings is 1. The summed E-state index contributed by atoms with van der Waals surface area (Å²) in [7, 11) is -1.58. The van der Waals surface area contributed by atoms with Crippen LogP contribution >= 0.6 is 22.9 Å². The highest BCUT2D eigenvalue weighted by atomic mass is 35.5. The lowest BCUT2D eigenvalue weighted by Crippen LogP contribution is -2.12. The van der Waals surface area contributed by atoms with Crippen molar-refractivity contribution in [2.45, 2.75) is 62.2 Å². The molecule has 2 aliphatic carbocycles. The fraction of sp³-hybridized carbons (Fsp3) is 0.474. The van der Waals surface area contributed by atoms with E-state index in [9.17, 15) is 9.32 Å². The number of rotatable bonds is 2. The van der Waals surface area contributed by atoms with E-state index in [2.05, 4.69) is 5.73 Å². The summed E-state index contributed by atoms with van der Waals surface area (Å²) in [6.45, 7) is 3.27. The summed E-state index contributed by atoms with van der Waals surface area (Å²) < 4.78 is 11.3. The number of halogens is 1. The molecule has 1 atom stereocenters. The maximum atomic E-state index is 10.9. The summed E-state index contributed by atoms with van der Waals surface area (Å²) in [5.41, 5.74) is 15.7. The van der Waals surface area contributed by atoms with E-state index in [1.54, 1.807) is 19.9 Å². The number of anilines is 1. The molecule has 0 aliphatic heterocycles. The molecule has 160 valence electrons. The van der Waals surface area contributed by atoms with Crippen LogP contribution in [0.15, 0.2) is 10.3 Å². The van der Waals surface area contributed by atoms with Crippen molar-refractivity contribution < 1.29 is 14.1 Å². The largest absolute Gasteiger partial charge is 0.398 e. The molecule has 2 heterocycles. The summed E-state index contributed by atoms with van der Waals surface area (Å²) >= 11 is 6.94. The second-order valence-corrected chi connectivity index (χ2v) is 10.0. The van der Waals surface area contributed by atoms with E-state index in [1.807, 2.05) is 0 Å². The number of carbonyl (C=O) groups excluding carboxylic acids is 1. The highest BCUT2D eigenvalue weighted by Gasteiger charge is 2.24. The van der Waals surface area contributed by atoms with Gasteiger partial charge in [0.15, 0.2) is 0 Å². The maximum absolute atomic E-state index is 10.9. The number of aliphatic hydroxyl groups is 1. The average Bonchev–Trinajstić information content (AvgIpc) is 3.34. The molecular weight excluding hydrogens is 432 g/mol. The first-order valence-electron chi connectivity index (χ1n) is 9.22.